The second-order valence-electron chi connectivity index (χ2n) is 3.34. The van der Waals surface area contributed by atoms with Crippen LogP contribution in [0.1, 0.15) is 26.7 Å². The fourth-order valence-electron chi connectivity index (χ4n) is 0.685. The summed E-state index contributed by atoms with van der Waals surface area (Å²) in [6.07, 6.45) is 3.07. The number of Topliss-reactive ketones (excluding diaryl/α,β-unsaturated/α-hetero) is 1. The van der Waals surface area contributed by atoms with Gasteiger partial charge < -0.3 is 5.73 Å². The summed E-state index contributed by atoms with van der Waals surface area (Å²) in [7, 11) is 0. The Hall–Kier alpha value is -0.630. The maximum Gasteiger partial charge on any atom is 0.140 e. The van der Waals surface area contributed by atoms with Crippen molar-refractivity contribution >= 4 is 5.78 Å². The van der Waals surface area contributed by atoms with Crippen LogP contribution in [0.5, 0.6) is 0 Å². The fourth-order valence-corrected chi connectivity index (χ4v) is 0.685. The van der Waals surface area contributed by atoms with Crippen molar-refractivity contribution in [3.8, 4) is 0 Å². The molecular formula is C9H17NO. The minimum absolute atomic E-state index is 0.222. The lowest BCUT2D eigenvalue weighted by atomic mass is 9.86. The summed E-state index contributed by atoms with van der Waals surface area (Å²) < 4.78 is 0. The van der Waals surface area contributed by atoms with Crippen molar-refractivity contribution in [1.29, 1.82) is 0 Å². The molecule has 2 heteroatoms. The SMILES string of the molecule is C=CCCC(=O)C(C)(C)CN. The zero-order valence-corrected chi connectivity index (χ0v) is 7.39. The van der Waals surface area contributed by atoms with E-state index in [0.717, 1.165) is 6.42 Å². The molecule has 2 N–H and O–H groups in total. The third-order valence-corrected chi connectivity index (χ3v) is 1.84. The molecule has 0 aromatic carbocycles. The summed E-state index contributed by atoms with van der Waals surface area (Å²) in [6.45, 7) is 7.72. The standard InChI is InChI=1S/C9H17NO/c1-4-5-6-8(11)9(2,3)7-10/h4H,1,5-7,10H2,2-3H3. The quantitative estimate of drug-likeness (QED) is 0.611. The Bertz CT molecular complexity index is 150. The van der Waals surface area contributed by atoms with Crippen molar-refractivity contribution < 1.29 is 4.79 Å². The predicted molar refractivity (Wildman–Crippen MR) is 47.3 cm³/mol. The van der Waals surface area contributed by atoms with Crippen molar-refractivity contribution in [2.75, 3.05) is 6.54 Å². The van der Waals surface area contributed by atoms with Crippen molar-refractivity contribution in [1.82, 2.24) is 0 Å². The molecule has 0 aromatic heterocycles. The molecule has 0 saturated carbocycles. The molecule has 0 heterocycles. The van der Waals surface area contributed by atoms with E-state index >= 15 is 0 Å². The van der Waals surface area contributed by atoms with E-state index in [1.54, 1.807) is 6.08 Å². The monoisotopic (exact) mass is 155 g/mol. The van der Waals surface area contributed by atoms with Crippen LogP contribution >= 0.6 is 0 Å². The van der Waals surface area contributed by atoms with Gasteiger partial charge in [-0.2, -0.15) is 0 Å². The summed E-state index contributed by atoms with van der Waals surface area (Å²) in [4.78, 5) is 11.3. The van der Waals surface area contributed by atoms with Crippen LogP contribution in [0, 0.1) is 5.41 Å². The number of carbonyl (C=O) groups excluding carboxylic acids is 1. The van der Waals surface area contributed by atoms with Crippen molar-refractivity contribution in [2.24, 2.45) is 11.1 Å². The Morgan fingerprint density at radius 1 is 1.64 bits per heavy atom. The number of carbonyl (C=O) groups is 1. The van der Waals surface area contributed by atoms with Gasteiger partial charge in [0, 0.05) is 18.4 Å². The Balaban J connectivity index is 3.91. The van der Waals surface area contributed by atoms with E-state index in [9.17, 15) is 4.79 Å². The second-order valence-corrected chi connectivity index (χ2v) is 3.34. The van der Waals surface area contributed by atoms with Crippen LogP contribution in [-0.2, 0) is 4.79 Å². The maximum atomic E-state index is 11.3. The smallest absolute Gasteiger partial charge is 0.140 e. The van der Waals surface area contributed by atoms with E-state index in [2.05, 4.69) is 6.58 Å². The summed E-state index contributed by atoms with van der Waals surface area (Å²) in [5, 5.41) is 0. The lowest BCUT2D eigenvalue weighted by Gasteiger charge is -2.19. The molecule has 0 amide bonds. The zero-order valence-electron chi connectivity index (χ0n) is 7.39. The summed E-state index contributed by atoms with van der Waals surface area (Å²) >= 11 is 0. The van der Waals surface area contributed by atoms with Crippen LogP contribution in [0.3, 0.4) is 0 Å². The number of rotatable bonds is 5. The number of hydrogen-bond donors (Lipinski definition) is 1. The number of nitrogens with two attached hydrogens (primary N) is 1. The maximum absolute atomic E-state index is 11.3. The van der Waals surface area contributed by atoms with E-state index < -0.39 is 0 Å². The normalized spacial score (nSPS) is 11.2. The van der Waals surface area contributed by atoms with Gasteiger partial charge in [0.25, 0.3) is 0 Å². The number of hydrogen-bond acceptors (Lipinski definition) is 2. The first-order valence-corrected chi connectivity index (χ1v) is 3.89. The molecule has 0 aromatic rings. The van der Waals surface area contributed by atoms with Gasteiger partial charge >= 0.3 is 0 Å². The summed E-state index contributed by atoms with van der Waals surface area (Å²) in [5.74, 6) is 0.222. The topological polar surface area (TPSA) is 43.1 Å². The van der Waals surface area contributed by atoms with Crippen LogP contribution in [0.25, 0.3) is 0 Å². The third kappa shape index (κ3) is 3.33. The van der Waals surface area contributed by atoms with Gasteiger partial charge in [-0.25, -0.2) is 0 Å². The minimum atomic E-state index is -0.358. The predicted octanol–water partition coefficient (Wildman–Crippen LogP) is 1.51. The van der Waals surface area contributed by atoms with Crippen LogP contribution in [0.2, 0.25) is 0 Å². The largest absolute Gasteiger partial charge is 0.329 e. The van der Waals surface area contributed by atoms with E-state index in [-0.39, 0.29) is 11.2 Å². The molecule has 0 atom stereocenters. The highest BCUT2D eigenvalue weighted by atomic mass is 16.1. The Labute approximate surface area is 68.5 Å². The minimum Gasteiger partial charge on any atom is -0.329 e. The first-order chi connectivity index (χ1) is 5.04. The zero-order chi connectivity index (χ0) is 8.91. The Morgan fingerprint density at radius 3 is 2.55 bits per heavy atom. The van der Waals surface area contributed by atoms with Crippen LogP contribution in [-0.4, -0.2) is 12.3 Å². The first kappa shape index (κ1) is 10.4. The second kappa shape index (κ2) is 4.29. The molecule has 2 nitrogen and oxygen atoms in total. The van der Waals surface area contributed by atoms with Gasteiger partial charge in [0.2, 0.25) is 0 Å². The molecule has 0 aliphatic carbocycles. The van der Waals surface area contributed by atoms with E-state index in [0.29, 0.717) is 13.0 Å². The van der Waals surface area contributed by atoms with Gasteiger partial charge in [-0.15, -0.1) is 6.58 Å². The molecule has 0 bridgehead atoms. The van der Waals surface area contributed by atoms with E-state index in [1.807, 2.05) is 13.8 Å². The molecule has 0 radical (unpaired) electrons. The fraction of sp³-hybridized carbons (Fsp3) is 0.667. The lowest BCUT2D eigenvalue weighted by molar-refractivity contribution is -0.126. The highest BCUT2D eigenvalue weighted by Gasteiger charge is 2.24. The van der Waals surface area contributed by atoms with Crippen molar-refractivity contribution in [2.45, 2.75) is 26.7 Å². The average Bonchev–Trinajstić information content (AvgIpc) is 2.00. The molecule has 0 aliphatic rings. The van der Waals surface area contributed by atoms with Gasteiger partial charge in [-0.05, 0) is 6.42 Å². The van der Waals surface area contributed by atoms with Crippen molar-refractivity contribution in [3.05, 3.63) is 12.7 Å². The van der Waals surface area contributed by atoms with Crippen LogP contribution in [0.4, 0.5) is 0 Å². The Morgan fingerprint density at radius 2 is 2.18 bits per heavy atom. The van der Waals surface area contributed by atoms with E-state index in [4.69, 9.17) is 5.73 Å². The number of allylic oxidation sites excluding steroid dienone is 1. The molecule has 0 saturated heterocycles. The average molecular weight is 155 g/mol. The molecule has 0 spiro atoms. The molecule has 11 heavy (non-hydrogen) atoms. The van der Waals surface area contributed by atoms with Crippen LogP contribution < -0.4 is 5.73 Å². The van der Waals surface area contributed by atoms with Gasteiger partial charge in [0.15, 0.2) is 0 Å². The molecule has 0 unspecified atom stereocenters. The number of ketones is 1. The van der Waals surface area contributed by atoms with Crippen molar-refractivity contribution in [3.63, 3.8) is 0 Å². The van der Waals surface area contributed by atoms with E-state index in [1.165, 1.54) is 0 Å². The summed E-state index contributed by atoms with van der Waals surface area (Å²) in [5.41, 5.74) is 5.07. The molecular weight excluding hydrogens is 138 g/mol. The molecule has 64 valence electrons. The molecule has 0 fully saturated rings. The summed E-state index contributed by atoms with van der Waals surface area (Å²) in [6, 6.07) is 0. The molecule has 0 aliphatic heterocycles. The van der Waals surface area contributed by atoms with Gasteiger partial charge in [0.1, 0.15) is 5.78 Å². The lowest BCUT2D eigenvalue weighted by Crippen LogP contribution is -2.32. The highest BCUT2D eigenvalue weighted by Crippen LogP contribution is 2.17. The van der Waals surface area contributed by atoms with Gasteiger partial charge in [0.05, 0.1) is 0 Å². The Kier molecular flexibility index (Phi) is 4.04. The third-order valence-electron chi connectivity index (χ3n) is 1.84. The van der Waals surface area contributed by atoms with Crippen LogP contribution in [0.15, 0.2) is 12.7 Å². The highest BCUT2D eigenvalue weighted by molar-refractivity contribution is 5.84. The van der Waals surface area contributed by atoms with Gasteiger partial charge in [-0.1, -0.05) is 19.9 Å². The molecule has 0 rings (SSSR count). The first-order valence-electron chi connectivity index (χ1n) is 3.89. The van der Waals surface area contributed by atoms with Gasteiger partial charge in [-0.3, -0.25) is 4.79 Å².